The molecule has 0 spiro atoms. The third kappa shape index (κ3) is 3.99. The molecule has 150 valence electrons. The van der Waals surface area contributed by atoms with Crippen LogP contribution in [0.25, 0.3) is 0 Å². The van der Waals surface area contributed by atoms with Crippen molar-refractivity contribution >= 4 is 41.2 Å². The van der Waals surface area contributed by atoms with Crippen LogP contribution >= 0.6 is 11.8 Å². The summed E-state index contributed by atoms with van der Waals surface area (Å²) in [5.41, 5.74) is 0.496. The Morgan fingerprint density at radius 3 is 2.79 bits per heavy atom. The van der Waals surface area contributed by atoms with Crippen molar-refractivity contribution < 1.29 is 28.7 Å². The number of para-hydroxylation sites is 1. The number of amides is 2. The standard InChI is InChI=1S/C19H22N2O6S/c1-3-26-17(24)12-6-4-5-7-13(12)20-15(22)10-27-18(25)14-11-28-19(2)9-8-16(23)21(14)19/h4-7,14H,3,8-11H2,1-2H3,(H,20,22)/t14-,19-/m1/s1. The Bertz CT molecular complexity index is 813. The fraction of sp³-hybridized carbons (Fsp3) is 0.474. The van der Waals surface area contributed by atoms with E-state index >= 15 is 0 Å². The van der Waals surface area contributed by atoms with Crippen LogP contribution in [0, 0.1) is 0 Å². The fourth-order valence-electron chi connectivity index (χ4n) is 3.39. The van der Waals surface area contributed by atoms with Gasteiger partial charge in [-0.05, 0) is 32.4 Å². The maximum absolute atomic E-state index is 12.4. The van der Waals surface area contributed by atoms with E-state index in [1.807, 2.05) is 6.92 Å². The number of esters is 2. The highest BCUT2D eigenvalue weighted by Gasteiger charge is 2.53. The molecule has 2 aliphatic heterocycles. The van der Waals surface area contributed by atoms with Crippen molar-refractivity contribution in [3.8, 4) is 0 Å². The minimum Gasteiger partial charge on any atom is -0.462 e. The van der Waals surface area contributed by atoms with E-state index in [-0.39, 0.29) is 28.6 Å². The van der Waals surface area contributed by atoms with Gasteiger partial charge in [-0.15, -0.1) is 11.8 Å². The second-order valence-electron chi connectivity index (χ2n) is 6.69. The Morgan fingerprint density at radius 1 is 1.29 bits per heavy atom. The molecule has 0 aliphatic carbocycles. The van der Waals surface area contributed by atoms with Crippen molar-refractivity contribution in [3.63, 3.8) is 0 Å². The molecule has 2 heterocycles. The van der Waals surface area contributed by atoms with Gasteiger partial charge in [0.15, 0.2) is 6.61 Å². The Hall–Kier alpha value is -2.55. The number of ether oxygens (including phenoxy) is 2. The van der Waals surface area contributed by atoms with Crippen LogP contribution in [-0.2, 0) is 23.9 Å². The summed E-state index contributed by atoms with van der Waals surface area (Å²) in [5, 5.41) is 2.56. The average Bonchev–Trinajstić information content (AvgIpc) is 3.16. The first-order valence-corrected chi connectivity index (χ1v) is 10.0. The molecule has 1 aromatic rings. The molecule has 28 heavy (non-hydrogen) atoms. The number of hydrogen-bond donors (Lipinski definition) is 1. The molecule has 9 heteroatoms. The fourth-order valence-corrected chi connectivity index (χ4v) is 4.81. The highest BCUT2D eigenvalue weighted by molar-refractivity contribution is 8.01. The van der Waals surface area contributed by atoms with E-state index in [0.29, 0.717) is 18.6 Å². The molecule has 2 aliphatic rings. The first-order chi connectivity index (χ1) is 13.4. The van der Waals surface area contributed by atoms with Crippen LogP contribution in [-0.4, -0.2) is 58.5 Å². The summed E-state index contributed by atoms with van der Waals surface area (Å²) in [6.07, 6.45) is 1.11. The molecular weight excluding hydrogens is 384 g/mol. The van der Waals surface area contributed by atoms with E-state index in [4.69, 9.17) is 9.47 Å². The second kappa shape index (κ2) is 8.22. The lowest BCUT2D eigenvalue weighted by Gasteiger charge is -2.29. The number of rotatable bonds is 6. The molecule has 0 radical (unpaired) electrons. The van der Waals surface area contributed by atoms with Gasteiger partial charge in [-0.2, -0.15) is 0 Å². The maximum atomic E-state index is 12.4. The number of nitrogens with one attached hydrogen (secondary N) is 1. The molecule has 2 fully saturated rings. The van der Waals surface area contributed by atoms with Crippen molar-refractivity contribution in [2.24, 2.45) is 0 Å². The van der Waals surface area contributed by atoms with Crippen LogP contribution in [0.1, 0.15) is 37.0 Å². The van der Waals surface area contributed by atoms with Gasteiger partial charge in [0.2, 0.25) is 5.91 Å². The topological polar surface area (TPSA) is 102 Å². The number of nitrogens with zero attached hydrogens (tertiary/aromatic N) is 1. The minimum absolute atomic E-state index is 0.0673. The van der Waals surface area contributed by atoms with Gasteiger partial charge in [-0.1, -0.05) is 12.1 Å². The summed E-state index contributed by atoms with van der Waals surface area (Å²) >= 11 is 1.55. The van der Waals surface area contributed by atoms with Gasteiger partial charge in [0, 0.05) is 12.2 Å². The average molecular weight is 406 g/mol. The highest BCUT2D eigenvalue weighted by atomic mass is 32.2. The first-order valence-electron chi connectivity index (χ1n) is 9.04. The van der Waals surface area contributed by atoms with Gasteiger partial charge in [0.25, 0.3) is 5.91 Å². The van der Waals surface area contributed by atoms with E-state index in [2.05, 4.69) is 5.32 Å². The molecule has 3 rings (SSSR count). The zero-order chi connectivity index (χ0) is 20.3. The molecule has 1 aromatic carbocycles. The molecule has 2 atom stereocenters. The number of fused-ring (bicyclic) bond motifs is 1. The van der Waals surface area contributed by atoms with Crippen LogP contribution in [0.4, 0.5) is 5.69 Å². The molecule has 0 aromatic heterocycles. The second-order valence-corrected chi connectivity index (χ2v) is 8.19. The largest absolute Gasteiger partial charge is 0.462 e. The molecule has 1 N–H and O–H groups in total. The van der Waals surface area contributed by atoms with E-state index in [1.54, 1.807) is 41.8 Å². The summed E-state index contributed by atoms with van der Waals surface area (Å²) in [7, 11) is 0. The van der Waals surface area contributed by atoms with E-state index in [0.717, 1.165) is 0 Å². The summed E-state index contributed by atoms with van der Waals surface area (Å²) in [4.78, 5) is 49.9. The van der Waals surface area contributed by atoms with Crippen LogP contribution < -0.4 is 5.32 Å². The summed E-state index contributed by atoms with van der Waals surface area (Å²) in [6, 6.07) is 5.75. The summed E-state index contributed by atoms with van der Waals surface area (Å²) in [6.45, 7) is 3.34. The van der Waals surface area contributed by atoms with Gasteiger partial charge >= 0.3 is 11.9 Å². The molecule has 8 nitrogen and oxygen atoms in total. The van der Waals surface area contributed by atoms with Gasteiger partial charge in [0.1, 0.15) is 6.04 Å². The molecule has 2 saturated heterocycles. The number of carbonyl (C=O) groups excluding carboxylic acids is 4. The lowest BCUT2D eigenvalue weighted by atomic mass is 10.2. The number of carbonyl (C=O) groups is 4. The Kier molecular flexibility index (Phi) is 5.93. The van der Waals surface area contributed by atoms with Crippen molar-refractivity contribution in [1.29, 1.82) is 0 Å². The number of hydrogen-bond acceptors (Lipinski definition) is 7. The minimum atomic E-state index is -0.676. The molecule has 2 amide bonds. The quantitative estimate of drug-likeness (QED) is 0.719. The molecular formula is C19H22N2O6S. The molecule has 0 bridgehead atoms. The normalized spacial score (nSPS) is 23.3. The molecule has 0 unspecified atom stereocenters. The maximum Gasteiger partial charge on any atom is 0.340 e. The zero-order valence-electron chi connectivity index (χ0n) is 15.7. The lowest BCUT2D eigenvalue weighted by Crippen LogP contribution is -2.47. The molecule has 0 saturated carbocycles. The number of anilines is 1. The predicted molar refractivity (Wildman–Crippen MR) is 103 cm³/mol. The SMILES string of the molecule is CCOC(=O)c1ccccc1NC(=O)COC(=O)[C@H]1CS[C@]2(C)CCC(=O)N12. The van der Waals surface area contributed by atoms with E-state index in [1.165, 1.54) is 6.07 Å². The smallest absolute Gasteiger partial charge is 0.340 e. The lowest BCUT2D eigenvalue weighted by molar-refractivity contribution is -0.155. The Labute approximate surface area is 166 Å². The predicted octanol–water partition coefficient (Wildman–Crippen LogP) is 1.80. The van der Waals surface area contributed by atoms with Gasteiger partial charge in [0.05, 0.1) is 22.7 Å². The van der Waals surface area contributed by atoms with E-state index in [9.17, 15) is 19.2 Å². The van der Waals surface area contributed by atoms with E-state index < -0.39 is 30.5 Å². The number of benzene rings is 1. The van der Waals surface area contributed by atoms with Crippen LogP contribution in [0.15, 0.2) is 24.3 Å². The monoisotopic (exact) mass is 406 g/mol. The van der Waals surface area contributed by atoms with Crippen LogP contribution in [0.2, 0.25) is 0 Å². The first kappa shape index (κ1) is 20.2. The summed E-state index contributed by atoms with van der Waals surface area (Å²) < 4.78 is 10.1. The van der Waals surface area contributed by atoms with Gasteiger partial charge < -0.3 is 19.7 Å². The number of thioether (sulfide) groups is 1. The Balaban J connectivity index is 1.57. The third-order valence-corrected chi connectivity index (χ3v) is 6.26. The third-order valence-electron chi connectivity index (χ3n) is 4.76. The van der Waals surface area contributed by atoms with Gasteiger partial charge in [-0.3, -0.25) is 9.59 Å². The van der Waals surface area contributed by atoms with Crippen LogP contribution in [0.5, 0.6) is 0 Å². The Morgan fingerprint density at radius 2 is 2.04 bits per heavy atom. The highest BCUT2D eigenvalue weighted by Crippen LogP contribution is 2.47. The van der Waals surface area contributed by atoms with Crippen molar-refractivity contribution in [3.05, 3.63) is 29.8 Å². The summed E-state index contributed by atoms with van der Waals surface area (Å²) in [5.74, 6) is -1.34. The van der Waals surface area contributed by atoms with Crippen molar-refractivity contribution in [1.82, 2.24) is 4.90 Å². The van der Waals surface area contributed by atoms with Crippen molar-refractivity contribution in [2.75, 3.05) is 24.3 Å². The van der Waals surface area contributed by atoms with Crippen molar-refractivity contribution in [2.45, 2.75) is 37.6 Å². The zero-order valence-corrected chi connectivity index (χ0v) is 16.5. The van der Waals surface area contributed by atoms with Gasteiger partial charge in [-0.25, -0.2) is 9.59 Å². The van der Waals surface area contributed by atoms with Crippen LogP contribution in [0.3, 0.4) is 0 Å².